The van der Waals surface area contributed by atoms with Gasteiger partial charge in [0, 0.05) is 5.02 Å². The molecule has 1 aliphatic heterocycles. The van der Waals surface area contributed by atoms with E-state index in [2.05, 4.69) is 0 Å². The van der Waals surface area contributed by atoms with Crippen LogP contribution in [-0.2, 0) is 11.4 Å². The molecular formula is C27H24ClNO4S. The normalized spacial score (nSPS) is 14.7. The largest absolute Gasteiger partial charge is 0.491 e. The summed E-state index contributed by atoms with van der Waals surface area (Å²) in [6.07, 6.45) is 1.71. The number of hydrogen-bond acceptors (Lipinski definition) is 5. The van der Waals surface area contributed by atoms with Crippen molar-refractivity contribution < 1.29 is 19.1 Å². The van der Waals surface area contributed by atoms with Gasteiger partial charge in [0.15, 0.2) is 0 Å². The Hall–Kier alpha value is -3.22. The fraction of sp³-hybridized carbons (Fsp3) is 0.185. The minimum atomic E-state index is -0.313. The van der Waals surface area contributed by atoms with Gasteiger partial charge in [-0.1, -0.05) is 48.0 Å². The van der Waals surface area contributed by atoms with Crippen LogP contribution in [0.3, 0.4) is 0 Å². The zero-order valence-corrected chi connectivity index (χ0v) is 20.5. The molecule has 1 aliphatic rings. The predicted octanol–water partition coefficient (Wildman–Crippen LogP) is 6.65. The van der Waals surface area contributed by atoms with Gasteiger partial charge in [0.1, 0.15) is 24.7 Å². The Bertz CT molecular complexity index is 1240. The van der Waals surface area contributed by atoms with Crippen molar-refractivity contribution in [1.82, 2.24) is 4.90 Å². The molecule has 1 fully saturated rings. The van der Waals surface area contributed by atoms with Crippen LogP contribution >= 0.6 is 23.4 Å². The second kappa shape index (κ2) is 10.8. The average molecular weight is 494 g/mol. The van der Waals surface area contributed by atoms with Gasteiger partial charge in [0.2, 0.25) is 0 Å². The number of imide groups is 1. The predicted molar refractivity (Wildman–Crippen MR) is 136 cm³/mol. The van der Waals surface area contributed by atoms with Crippen LogP contribution in [0.25, 0.3) is 6.08 Å². The van der Waals surface area contributed by atoms with Crippen molar-refractivity contribution in [3.63, 3.8) is 0 Å². The third-order valence-electron chi connectivity index (χ3n) is 5.26. The Kier molecular flexibility index (Phi) is 7.60. The van der Waals surface area contributed by atoms with E-state index in [0.717, 1.165) is 39.8 Å². The lowest BCUT2D eigenvalue weighted by Crippen LogP contribution is -2.32. The molecule has 0 unspecified atom stereocenters. The molecule has 34 heavy (non-hydrogen) atoms. The Morgan fingerprint density at radius 1 is 0.971 bits per heavy atom. The molecular weight excluding hydrogens is 470 g/mol. The van der Waals surface area contributed by atoms with Gasteiger partial charge in [-0.25, -0.2) is 0 Å². The standard InChI is InChI=1S/C27H24ClNO4S/c1-18-6-7-19(2)24(14-18)32-13-12-29-26(30)25(34-27(29)31)16-21-4-3-5-23(15-21)33-17-20-8-10-22(28)11-9-20/h3-11,14-16H,12-13,17H2,1-2H3/b25-16-. The summed E-state index contributed by atoms with van der Waals surface area (Å²) in [7, 11) is 0. The van der Waals surface area contributed by atoms with Gasteiger partial charge in [-0.3, -0.25) is 14.5 Å². The van der Waals surface area contributed by atoms with Crippen molar-refractivity contribution >= 4 is 40.6 Å². The van der Waals surface area contributed by atoms with Gasteiger partial charge in [-0.05, 0) is 84.3 Å². The number of amides is 2. The van der Waals surface area contributed by atoms with Crippen LogP contribution < -0.4 is 9.47 Å². The molecule has 1 heterocycles. The fourth-order valence-electron chi connectivity index (χ4n) is 3.40. The van der Waals surface area contributed by atoms with Crippen LogP contribution in [-0.4, -0.2) is 29.2 Å². The highest BCUT2D eigenvalue weighted by molar-refractivity contribution is 8.18. The van der Waals surface area contributed by atoms with E-state index in [-0.39, 0.29) is 24.3 Å². The third kappa shape index (κ3) is 6.01. The van der Waals surface area contributed by atoms with Crippen molar-refractivity contribution in [2.75, 3.05) is 13.2 Å². The van der Waals surface area contributed by atoms with E-state index in [1.807, 2.05) is 80.6 Å². The topological polar surface area (TPSA) is 55.8 Å². The highest BCUT2D eigenvalue weighted by Crippen LogP contribution is 2.32. The van der Waals surface area contributed by atoms with E-state index in [1.54, 1.807) is 6.08 Å². The maximum atomic E-state index is 12.8. The van der Waals surface area contributed by atoms with Gasteiger partial charge in [0.05, 0.1) is 11.4 Å². The molecule has 0 aliphatic carbocycles. The summed E-state index contributed by atoms with van der Waals surface area (Å²) in [5, 5.41) is 0.382. The number of ether oxygens (including phenoxy) is 2. The summed E-state index contributed by atoms with van der Waals surface area (Å²) in [5.41, 5.74) is 3.89. The molecule has 0 spiro atoms. The minimum absolute atomic E-state index is 0.194. The zero-order valence-electron chi connectivity index (χ0n) is 18.9. The first-order valence-corrected chi connectivity index (χ1v) is 12.0. The highest BCUT2D eigenvalue weighted by atomic mass is 35.5. The molecule has 174 valence electrons. The maximum Gasteiger partial charge on any atom is 0.293 e. The van der Waals surface area contributed by atoms with Gasteiger partial charge in [0.25, 0.3) is 11.1 Å². The monoisotopic (exact) mass is 493 g/mol. The number of carbonyl (C=O) groups excluding carboxylic acids is 2. The number of nitrogens with zero attached hydrogens (tertiary/aromatic N) is 1. The number of rotatable bonds is 8. The molecule has 0 radical (unpaired) electrons. The van der Waals surface area contributed by atoms with E-state index in [1.165, 1.54) is 4.90 Å². The van der Waals surface area contributed by atoms with E-state index in [4.69, 9.17) is 21.1 Å². The number of carbonyl (C=O) groups is 2. The van der Waals surface area contributed by atoms with Crippen molar-refractivity contribution in [3.8, 4) is 11.5 Å². The lowest BCUT2D eigenvalue weighted by Gasteiger charge is -2.14. The number of thioether (sulfide) groups is 1. The summed E-state index contributed by atoms with van der Waals surface area (Å²) in [6.45, 7) is 4.79. The van der Waals surface area contributed by atoms with Crippen molar-refractivity contribution in [2.24, 2.45) is 0 Å². The number of aryl methyl sites for hydroxylation is 2. The first-order valence-electron chi connectivity index (χ1n) is 10.8. The first kappa shape index (κ1) is 23.9. The lowest BCUT2D eigenvalue weighted by atomic mass is 10.1. The van der Waals surface area contributed by atoms with Gasteiger partial charge >= 0.3 is 0 Å². The third-order valence-corrected chi connectivity index (χ3v) is 6.42. The Labute approximate surface area is 208 Å². The van der Waals surface area contributed by atoms with Gasteiger partial charge in [-0.2, -0.15) is 0 Å². The number of hydrogen-bond donors (Lipinski definition) is 0. The van der Waals surface area contributed by atoms with Crippen LogP contribution in [0, 0.1) is 13.8 Å². The molecule has 2 amide bonds. The molecule has 0 N–H and O–H groups in total. The molecule has 7 heteroatoms. The van der Waals surface area contributed by atoms with E-state index in [0.29, 0.717) is 22.3 Å². The molecule has 0 aromatic heterocycles. The van der Waals surface area contributed by atoms with Crippen LogP contribution in [0.2, 0.25) is 5.02 Å². The summed E-state index contributed by atoms with van der Waals surface area (Å²) in [6, 6.07) is 20.8. The summed E-state index contributed by atoms with van der Waals surface area (Å²) >= 11 is 6.86. The molecule has 5 nitrogen and oxygen atoms in total. The van der Waals surface area contributed by atoms with E-state index in [9.17, 15) is 9.59 Å². The second-order valence-corrected chi connectivity index (χ2v) is 9.37. The van der Waals surface area contributed by atoms with Crippen LogP contribution in [0.15, 0.2) is 71.6 Å². The SMILES string of the molecule is Cc1ccc(C)c(OCCN2C(=O)S/C(=C\c3cccc(OCc4ccc(Cl)cc4)c3)C2=O)c1. The van der Waals surface area contributed by atoms with Crippen molar-refractivity contribution in [1.29, 1.82) is 0 Å². The highest BCUT2D eigenvalue weighted by Gasteiger charge is 2.34. The molecule has 4 rings (SSSR count). The Morgan fingerprint density at radius 2 is 1.76 bits per heavy atom. The summed E-state index contributed by atoms with van der Waals surface area (Å²) in [4.78, 5) is 26.9. The number of benzene rings is 3. The second-order valence-electron chi connectivity index (χ2n) is 7.94. The smallest absolute Gasteiger partial charge is 0.293 e. The number of halogens is 1. The summed E-state index contributed by atoms with van der Waals surface area (Å²) < 4.78 is 11.7. The molecule has 0 bridgehead atoms. The first-order chi connectivity index (χ1) is 16.4. The maximum absolute atomic E-state index is 12.8. The Balaban J connectivity index is 1.37. The minimum Gasteiger partial charge on any atom is -0.491 e. The van der Waals surface area contributed by atoms with Gasteiger partial charge in [-0.15, -0.1) is 0 Å². The average Bonchev–Trinajstić information content (AvgIpc) is 3.08. The molecule has 1 saturated heterocycles. The van der Waals surface area contributed by atoms with E-state index >= 15 is 0 Å². The van der Waals surface area contributed by atoms with Crippen LogP contribution in [0.1, 0.15) is 22.3 Å². The Morgan fingerprint density at radius 3 is 2.56 bits per heavy atom. The van der Waals surface area contributed by atoms with Crippen LogP contribution in [0.4, 0.5) is 4.79 Å². The quantitative estimate of drug-likeness (QED) is 0.329. The zero-order chi connectivity index (χ0) is 24.1. The van der Waals surface area contributed by atoms with E-state index < -0.39 is 0 Å². The molecule has 3 aromatic carbocycles. The molecule has 3 aromatic rings. The molecule has 0 atom stereocenters. The fourth-order valence-corrected chi connectivity index (χ4v) is 4.39. The van der Waals surface area contributed by atoms with Gasteiger partial charge < -0.3 is 9.47 Å². The van der Waals surface area contributed by atoms with Crippen LogP contribution in [0.5, 0.6) is 11.5 Å². The molecule has 0 saturated carbocycles. The lowest BCUT2D eigenvalue weighted by molar-refractivity contribution is -0.123. The van der Waals surface area contributed by atoms with Crippen molar-refractivity contribution in [3.05, 3.63) is 98.9 Å². The summed E-state index contributed by atoms with van der Waals surface area (Å²) in [5.74, 6) is 1.12. The van der Waals surface area contributed by atoms with Crippen molar-refractivity contribution in [2.45, 2.75) is 20.5 Å².